The summed E-state index contributed by atoms with van der Waals surface area (Å²) >= 11 is 1.73. The van der Waals surface area contributed by atoms with E-state index in [2.05, 4.69) is 34.6 Å². The maximum atomic E-state index is 5.16. The Kier molecular flexibility index (Phi) is 6.63. The van der Waals surface area contributed by atoms with Crippen molar-refractivity contribution < 1.29 is 4.74 Å². The molecule has 0 aliphatic carbocycles. The highest BCUT2D eigenvalue weighted by atomic mass is 32.1. The van der Waals surface area contributed by atoms with E-state index in [9.17, 15) is 0 Å². The van der Waals surface area contributed by atoms with Crippen LogP contribution in [-0.4, -0.2) is 30.4 Å². The summed E-state index contributed by atoms with van der Waals surface area (Å²) in [6.45, 7) is 4.24. The Hall–Kier alpha value is -1.46. The average Bonchev–Trinajstić information content (AvgIpc) is 2.98. The van der Waals surface area contributed by atoms with Crippen LogP contribution in [0, 0.1) is 0 Å². The van der Waals surface area contributed by atoms with Crippen LogP contribution in [0.1, 0.15) is 28.9 Å². The minimum atomic E-state index is 0.900. The predicted molar refractivity (Wildman–Crippen MR) is 87.2 cm³/mol. The molecule has 0 radical (unpaired) electrons. The summed E-state index contributed by atoms with van der Waals surface area (Å²) in [4.78, 5) is 0. The number of aromatic nitrogens is 2. The van der Waals surface area contributed by atoms with E-state index in [4.69, 9.17) is 4.74 Å². The third-order valence-corrected chi connectivity index (χ3v) is 4.28. The predicted octanol–water partition coefficient (Wildman–Crippen LogP) is 2.87. The van der Waals surface area contributed by atoms with Gasteiger partial charge in [0, 0.05) is 19.4 Å². The minimum absolute atomic E-state index is 0.900. The SMILES string of the molecule is CCCNCCc1nnc(CCc2ccc(OC)cc2)s1. The summed E-state index contributed by atoms with van der Waals surface area (Å²) in [5.74, 6) is 0.900. The Morgan fingerprint density at radius 1 is 1.00 bits per heavy atom. The van der Waals surface area contributed by atoms with Crippen molar-refractivity contribution in [3.8, 4) is 5.75 Å². The first-order chi connectivity index (χ1) is 10.3. The molecule has 0 aliphatic heterocycles. The molecule has 0 fully saturated rings. The largest absolute Gasteiger partial charge is 0.497 e. The number of nitrogens with one attached hydrogen (secondary N) is 1. The number of ether oxygens (including phenoxy) is 1. The van der Waals surface area contributed by atoms with E-state index in [1.165, 1.54) is 12.0 Å². The highest BCUT2D eigenvalue weighted by Crippen LogP contribution is 2.15. The zero-order chi connectivity index (χ0) is 14.9. The molecule has 0 saturated carbocycles. The number of hydrogen-bond acceptors (Lipinski definition) is 5. The zero-order valence-electron chi connectivity index (χ0n) is 12.8. The third-order valence-electron chi connectivity index (χ3n) is 3.24. The molecule has 0 unspecified atom stereocenters. The van der Waals surface area contributed by atoms with Crippen molar-refractivity contribution in [2.75, 3.05) is 20.2 Å². The first-order valence-corrected chi connectivity index (χ1v) is 8.28. The summed E-state index contributed by atoms with van der Waals surface area (Å²) < 4.78 is 5.16. The van der Waals surface area contributed by atoms with Gasteiger partial charge in [-0.1, -0.05) is 19.1 Å². The molecular formula is C16H23N3OS. The molecule has 5 heteroatoms. The number of nitrogens with zero attached hydrogens (tertiary/aromatic N) is 2. The Labute approximate surface area is 130 Å². The summed E-state index contributed by atoms with van der Waals surface area (Å²) in [5, 5.41) is 14.2. The van der Waals surface area contributed by atoms with Crippen LogP contribution in [-0.2, 0) is 19.3 Å². The highest BCUT2D eigenvalue weighted by molar-refractivity contribution is 7.11. The molecule has 0 bridgehead atoms. The van der Waals surface area contributed by atoms with Gasteiger partial charge >= 0.3 is 0 Å². The van der Waals surface area contributed by atoms with Crippen molar-refractivity contribution in [3.63, 3.8) is 0 Å². The van der Waals surface area contributed by atoms with Gasteiger partial charge in [0.1, 0.15) is 15.8 Å². The molecule has 1 heterocycles. The lowest BCUT2D eigenvalue weighted by molar-refractivity contribution is 0.414. The molecule has 0 spiro atoms. The van der Waals surface area contributed by atoms with Crippen LogP contribution in [0.3, 0.4) is 0 Å². The quantitative estimate of drug-likeness (QED) is 0.724. The maximum Gasteiger partial charge on any atom is 0.118 e. The summed E-state index contributed by atoms with van der Waals surface area (Å²) in [5.41, 5.74) is 1.30. The summed E-state index contributed by atoms with van der Waals surface area (Å²) in [7, 11) is 1.69. The van der Waals surface area contributed by atoms with Crippen molar-refractivity contribution in [2.45, 2.75) is 32.6 Å². The first kappa shape index (κ1) is 15.9. The lowest BCUT2D eigenvalue weighted by atomic mass is 10.1. The third kappa shape index (κ3) is 5.44. The fraction of sp³-hybridized carbons (Fsp3) is 0.500. The molecule has 0 aliphatic rings. The van der Waals surface area contributed by atoms with Gasteiger partial charge in [-0.15, -0.1) is 21.5 Å². The van der Waals surface area contributed by atoms with E-state index in [1.54, 1.807) is 18.4 Å². The second-order valence-corrected chi connectivity index (χ2v) is 6.08. The lowest BCUT2D eigenvalue weighted by Crippen LogP contribution is -2.17. The number of rotatable bonds is 9. The number of aryl methyl sites for hydroxylation is 2. The molecule has 0 amide bonds. The van der Waals surface area contributed by atoms with Crippen molar-refractivity contribution >= 4 is 11.3 Å². The van der Waals surface area contributed by atoms with Gasteiger partial charge in [-0.2, -0.15) is 0 Å². The van der Waals surface area contributed by atoms with Gasteiger partial charge < -0.3 is 10.1 Å². The monoisotopic (exact) mass is 305 g/mol. The van der Waals surface area contributed by atoms with Crippen LogP contribution in [0.2, 0.25) is 0 Å². The Bertz CT molecular complexity index is 525. The van der Waals surface area contributed by atoms with Crippen molar-refractivity contribution in [2.24, 2.45) is 0 Å². The van der Waals surface area contributed by atoms with E-state index < -0.39 is 0 Å². The van der Waals surface area contributed by atoms with E-state index in [0.717, 1.165) is 48.1 Å². The fourth-order valence-corrected chi connectivity index (χ4v) is 2.87. The smallest absolute Gasteiger partial charge is 0.118 e. The lowest BCUT2D eigenvalue weighted by Gasteiger charge is -2.01. The standard InChI is InChI=1S/C16H23N3OS/c1-3-11-17-12-10-16-19-18-15(21-16)9-6-13-4-7-14(20-2)8-5-13/h4-5,7-8,17H,3,6,9-12H2,1-2H3. The van der Waals surface area contributed by atoms with E-state index >= 15 is 0 Å². The Balaban J connectivity index is 1.76. The molecular weight excluding hydrogens is 282 g/mol. The average molecular weight is 305 g/mol. The van der Waals surface area contributed by atoms with E-state index in [-0.39, 0.29) is 0 Å². The van der Waals surface area contributed by atoms with Crippen LogP contribution in [0.4, 0.5) is 0 Å². The number of benzene rings is 1. The molecule has 1 N–H and O–H groups in total. The molecule has 114 valence electrons. The molecule has 2 rings (SSSR count). The molecule has 21 heavy (non-hydrogen) atoms. The normalized spacial score (nSPS) is 10.8. The minimum Gasteiger partial charge on any atom is -0.497 e. The molecule has 0 atom stereocenters. The molecule has 1 aromatic heterocycles. The molecule has 0 saturated heterocycles. The summed E-state index contributed by atoms with van der Waals surface area (Å²) in [6.07, 6.45) is 4.09. The molecule has 2 aromatic rings. The van der Waals surface area contributed by atoms with E-state index in [0.29, 0.717) is 0 Å². The molecule has 1 aromatic carbocycles. The van der Waals surface area contributed by atoms with Gasteiger partial charge in [0.2, 0.25) is 0 Å². The van der Waals surface area contributed by atoms with Gasteiger partial charge in [0.15, 0.2) is 0 Å². The number of hydrogen-bond donors (Lipinski definition) is 1. The Morgan fingerprint density at radius 3 is 2.38 bits per heavy atom. The second kappa shape index (κ2) is 8.74. The van der Waals surface area contributed by atoms with Gasteiger partial charge in [0.05, 0.1) is 7.11 Å². The van der Waals surface area contributed by atoms with Gasteiger partial charge in [0.25, 0.3) is 0 Å². The highest BCUT2D eigenvalue weighted by Gasteiger charge is 2.04. The topological polar surface area (TPSA) is 47.0 Å². The second-order valence-electron chi connectivity index (χ2n) is 4.94. The van der Waals surface area contributed by atoms with Crippen LogP contribution >= 0.6 is 11.3 Å². The van der Waals surface area contributed by atoms with Crippen molar-refractivity contribution in [1.82, 2.24) is 15.5 Å². The van der Waals surface area contributed by atoms with Gasteiger partial charge in [-0.05, 0) is 37.1 Å². The fourth-order valence-electron chi connectivity index (χ4n) is 2.03. The van der Waals surface area contributed by atoms with Crippen molar-refractivity contribution in [3.05, 3.63) is 39.8 Å². The number of methoxy groups -OCH3 is 1. The van der Waals surface area contributed by atoms with E-state index in [1.807, 2.05) is 12.1 Å². The summed E-state index contributed by atoms with van der Waals surface area (Å²) in [6, 6.07) is 8.21. The maximum absolute atomic E-state index is 5.16. The van der Waals surface area contributed by atoms with Crippen LogP contribution < -0.4 is 10.1 Å². The van der Waals surface area contributed by atoms with Gasteiger partial charge in [-0.25, -0.2) is 0 Å². The van der Waals surface area contributed by atoms with Crippen LogP contribution in [0.15, 0.2) is 24.3 Å². The zero-order valence-corrected chi connectivity index (χ0v) is 13.6. The van der Waals surface area contributed by atoms with Crippen LogP contribution in [0.5, 0.6) is 5.75 Å². The molecule has 4 nitrogen and oxygen atoms in total. The van der Waals surface area contributed by atoms with Gasteiger partial charge in [-0.3, -0.25) is 0 Å². The van der Waals surface area contributed by atoms with Crippen LogP contribution in [0.25, 0.3) is 0 Å². The Morgan fingerprint density at radius 2 is 1.71 bits per heavy atom. The first-order valence-electron chi connectivity index (χ1n) is 7.46. The van der Waals surface area contributed by atoms with Crippen molar-refractivity contribution in [1.29, 1.82) is 0 Å².